The van der Waals surface area contributed by atoms with Gasteiger partial charge in [0.25, 0.3) is 0 Å². The minimum Gasteiger partial charge on any atom is -0.462 e. The molecule has 1 aromatic rings. The molecule has 152 valence electrons. The lowest BCUT2D eigenvalue weighted by Gasteiger charge is -2.28. The Hall–Kier alpha value is -1.26. The van der Waals surface area contributed by atoms with Crippen molar-refractivity contribution in [2.75, 3.05) is 26.4 Å². The molecule has 5 nitrogen and oxygen atoms in total. The largest absolute Gasteiger partial charge is 0.501 e. The summed E-state index contributed by atoms with van der Waals surface area (Å²) in [5.74, 6) is -0.342. The average molecular weight is 411 g/mol. The van der Waals surface area contributed by atoms with Crippen LogP contribution in [0.1, 0.15) is 32.8 Å². The summed E-state index contributed by atoms with van der Waals surface area (Å²) >= 11 is 0. The molecule has 0 heterocycles. The van der Waals surface area contributed by atoms with Gasteiger partial charge in [0.2, 0.25) is 0 Å². The number of ether oxygens (including phenoxy) is 1. The van der Waals surface area contributed by atoms with Gasteiger partial charge in [-0.1, -0.05) is 42.6 Å². The molecule has 0 aromatic heterocycles. The molecule has 27 heavy (non-hydrogen) atoms. The van der Waals surface area contributed by atoms with E-state index in [0.29, 0.717) is 50.9 Å². The van der Waals surface area contributed by atoms with E-state index in [1.165, 1.54) is 5.19 Å². The number of benzene rings is 1. The fraction of sp³-hybridized carbons (Fsp3) is 0.550. The van der Waals surface area contributed by atoms with Crippen molar-refractivity contribution in [3.8, 4) is 0 Å². The number of carbonyl (C=O) groups is 1. The van der Waals surface area contributed by atoms with E-state index in [2.05, 4.69) is 25.3 Å². The van der Waals surface area contributed by atoms with Crippen molar-refractivity contribution in [1.29, 1.82) is 0 Å². The number of hydrogen-bond donors (Lipinski definition) is 0. The van der Waals surface area contributed by atoms with Gasteiger partial charge >= 0.3 is 14.8 Å². The summed E-state index contributed by atoms with van der Waals surface area (Å²) in [4.78, 5) is 12.2. The standard InChI is InChI=1S/C20H34O5Si2/c1-6-23-27(24-7-2,25-8-3)14-10-13-22-20(21)17(4)15-18-11-9-12-19(16-18)26-5/h9,11-12,16H,4,6-8,10,13-15,26H2,1-3,5H3. The van der Waals surface area contributed by atoms with Crippen molar-refractivity contribution >= 4 is 29.5 Å². The number of esters is 1. The Morgan fingerprint density at radius 3 is 2.30 bits per heavy atom. The van der Waals surface area contributed by atoms with Gasteiger partial charge in [0.05, 0.1) is 16.1 Å². The van der Waals surface area contributed by atoms with E-state index in [4.69, 9.17) is 18.0 Å². The highest BCUT2D eigenvalue weighted by atomic mass is 28.4. The van der Waals surface area contributed by atoms with Crippen LogP contribution in [0.2, 0.25) is 12.6 Å². The van der Waals surface area contributed by atoms with Crippen LogP contribution in [0.3, 0.4) is 0 Å². The summed E-state index contributed by atoms with van der Waals surface area (Å²) in [5, 5.41) is 1.39. The third kappa shape index (κ3) is 8.53. The van der Waals surface area contributed by atoms with Gasteiger partial charge in [-0.15, -0.1) is 0 Å². The van der Waals surface area contributed by atoms with Crippen molar-refractivity contribution in [2.24, 2.45) is 0 Å². The zero-order valence-electron chi connectivity index (χ0n) is 17.2. The predicted octanol–water partition coefficient (Wildman–Crippen LogP) is 2.61. The van der Waals surface area contributed by atoms with Crippen LogP contribution in [0, 0.1) is 0 Å². The second kappa shape index (κ2) is 13.0. The molecule has 0 saturated carbocycles. The smallest absolute Gasteiger partial charge is 0.462 e. The number of carbonyl (C=O) groups excluding carboxylic acids is 1. The van der Waals surface area contributed by atoms with Crippen molar-refractivity contribution in [2.45, 2.75) is 46.2 Å². The summed E-state index contributed by atoms with van der Waals surface area (Å²) in [6.07, 6.45) is 1.17. The van der Waals surface area contributed by atoms with Crippen molar-refractivity contribution in [1.82, 2.24) is 0 Å². The number of rotatable bonds is 14. The molecule has 0 spiro atoms. The fourth-order valence-electron chi connectivity index (χ4n) is 2.83. The highest BCUT2D eigenvalue weighted by molar-refractivity contribution is 6.60. The third-order valence-corrected chi connectivity index (χ3v) is 8.47. The van der Waals surface area contributed by atoms with Gasteiger partial charge in [-0.2, -0.15) is 0 Å². The summed E-state index contributed by atoms with van der Waals surface area (Å²) in [5.41, 5.74) is 1.59. The topological polar surface area (TPSA) is 54.0 Å². The molecule has 0 bridgehead atoms. The van der Waals surface area contributed by atoms with Crippen LogP contribution in [0.4, 0.5) is 0 Å². The van der Waals surface area contributed by atoms with Gasteiger partial charge in [-0.25, -0.2) is 4.79 Å². The molecule has 0 aliphatic carbocycles. The molecule has 0 radical (unpaired) electrons. The van der Waals surface area contributed by atoms with Crippen LogP contribution in [0.15, 0.2) is 36.4 Å². The lowest BCUT2D eigenvalue weighted by molar-refractivity contribution is -0.139. The quantitative estimate of drug-likeness (QED) is 0.204. The summed E-state index contributed by atoms with van der Waals surface area (Å²) < 4.78 is 22.8. The maximum atomic E-state index is 12.2. The van der Waals surface area contributed by atoms with Gasteiger partial charge < -0.3 is 18.0 Å². The van der Waals surface area contributed by atoms with Crippen LogP contribution in [0.5, 0.6) is 0 Å². The van der Waals surface area contributed by atoms with E-state index in [-0.39, 0.29) is 15.5 Å². The van der Waals surface area contributed by atoms with Gasteiger partial charge in [-0.3, -0.25) is 0 Å². The minimum atomic E-state index is -2.68. The molecular formula is C20H34O5Si2. The summed E-state index contributed by atoms with van der Waals surface area (Å²) in [7, 11) is -2.88. The maximum absolute atomic E-state index is 12.2. The van der Waals surface area contributed by atoms with Crippen molar-refractivity contribution < 1.29 is 22.8 Å². The Kier molecular flexibility index (Phi) is 11.5. The Labute approximate surface area is 167 Å². The monoisotopic (exact) mass is 410 g/mol. The van der Waals surface area contributed by atoms with E-state index < -0.39 is 8.80 Å². The molecule has 0 atom stereocenters. The number of hydrogen-bond acceptors (Lipinski definition) is 5. The highest BCUT2D eigenvalue weighted by Crippen LogP contribution is 2.18. The lowest BCUT2D eigenvalue weighted by atomic mass is 10.1. The first kappa shape index (κ1) is 23.8. The van der Waals surface area contributed by atoms with Crippen LogP contribution >= 0.6 is 0 Å². The molecule has 0 aliphatic heterocycles. The summed E-state index contributed by atoms with van der Waals surface area (Å²) in [6.45, 7) is 13.9. The minimum absolute atomic E-state index is 0.205. The molecule has 0 saturated heterocycles. The highest BCUT2D eigenvalue weighted by Gasteiger charge is 2.39. The molecular weight excluding hydrogens is 376 g/mol. The molecule has 0 unspecified atom stereocenters. The zero-order chi connectivity index (χ0) is 20.1. The van der Waals surface area contributed by atoms with Gasteiger partial charge in [-0.05, 0) is 32.8 Å². The molecule has 1 aromatic carbocycles. The molecule has 0 N–H and O–H groups in total. The fourth-order valence-corrected chi connectivity index (χ4v) is 6.25. The molecule has 1 rings (SSSR count). The molecule has 0 amide bonds. The predicted molar refractivity (Wildman–Crippen MR) is 114 cm³/mol. The van der Waals surface area contributed by atoms with E-state index in [1.807, 2.05) is 32.9 Å². The lowest BCUT2D eigenvalue weighted by Crippen LogP contribution is -2.46. The molecule has 0 fully saturated rings. The van der Waals surface area contributed by atoms with Gasteiger partial charge in [0, 0.05) is 37.9 Å². The second-order valence-electron chi connectivity index (χ2n) is 6.18. The van der Waals surface area contributed by atoms with E-state index in [0.717, 1.165) is 5.56 Å². The maximum Gasteiger partial charge on any atom is 0.501 e. The first-order valence-corrected chi connectivity index (χ1v) is 13.9. The first-order valence-electron chi connectivity index (χ1n) is 9.84. The Balaban J connectivity index is 2.46. The SMILES string of the molecule is C=C(Cc1cccc([SiH2]C)c1)C(=O)OCCC[Si](OCC)(OCC)OCC. The summed E-state index contributed by atoms with van der Waals surface area (Å²) in [6, 6.07) is 9.00. The van der Waals surface area contributed by atoms with Crippen LogP contribution < -0.4 is 5.19 Å². The van der Waals surface area contributed by atoms with Crippen molar-refractivity contribution in [3.63, 3.8) is 0 Å². The van der Waals surface area contributed by atoms with Crippen LogP contribution in [-0.4, -0.2) is 50.7 Å². The average Bonchev–Trinajstić information content (AvgIpc) is 2.66. The van der Waals surface area contributed by atoms with Crippen LogP contribution in [0.25, 0.3) is 0 Å². The van der Waals surface area contributed by atoms with Crippen molar-refractivity contribution in [3.05, 3.63) is 42.0 Å². The Morgan fingerprint density at radius 1 is 1.11 bits per heavy atom. The Morgan fingerprint density at radius 2 is 1.74 bits per heavy atom. The molecule has 7 heteroatoms. The Bertz CT molecular complexity index is 574. The third-order valence-electron chi connectivity index (χ3n) is 4.06. The van der Waals surface area contributed by atoms with Gasteiger partial charge in [0.1, 0.15) is 0 Å². The molecule has 0 aliphatic rings. The first-order chi connectivity index (χ1) is 13.0. The second-order valence-corrected chi connectivity index (χ2v) is 10.4. The van der Waals surface area contributed by atoms with Gasteiger partial charge in [0.15, 0.2) is 0 Å². The van der Waals surface area contributed by atoms with E-state index >= 15 is 0 Å². The van der Waals surface area contributed by atoms with Crippen LogP contribution in [-0.2, 0) is 29.2 Å². The zero-order valence-corrected chi connectivity index (χ0v) is 19.6. The van der Waals surface area contributed by atoms with E-state index in [9.17, 15) is 4.79 Å². The van der Waals surface area contributed by atoms with E-state index in [1.54, 1.807) is 0 Å². The normalized spacial score (nSPS) is 11.9.